The molecule has 0 amide bonds. The minimum absolute atomic E-state index is 0.0978. The van der Waals surface area contributed by atoms with Crippen molar-refractivity contribution in [3.05, 3.63) is 54.9 Å². The van der Waals surface area contributed by atoms with Crippen molar-refractivity contribution in [1.82, 2.24) is 15.0 Å². The van der Waals surface area contributed by atoms with Gasteiger partial charge in [0.05, 0.1) is 17.3 Å². The van der Waals surface area contributed by atoms with E-state index in [1.165, 1.54) is 0 Å². The summed E-state index contributed by atoms with van der Waals surface area (Å²) in [5.74, 6) is -0.0157. The number of methoxy groups -OCH3 is 1. The number of thiazole rings is 1. The van der Waals surface area contributed by atoms with Gasteiger partial charge in [0.2, 0.25) is 0 Å². The number of ether oxygens (including phenoxy) is 2. The second-order valence-electron chi connectivity index (χ2n) is 7.68. The Bertz CT molecular complexity index is 1270. The van der Waals surface area contributed by atoms with E-state index in [0.29, 0.717) is 12.8 Å². The largest absolute Gasteiger partial charge is 0.497 e. The number of nitrogens with zero attached hydrogens (tertiary/aromatic N) is 3. The molecule has 1 aliphatic rings. The average Bonchev–Trinajstić information content (AvgIpc) is 3.51. The van der Waals surface area contributed by atoms with E-state index in [-0.39, 0.29) is 12.6 Å². The van der Waals surface area contributed by atoms with Crippen LogP contribution in [0.3, 0.4) is 0 Å². The maximum atomic E-state index is 11.2. The summed E-state index contributed by atoms with van der Waals surface area (Å²) in [5, 5.41) is 13.4. The van der Waals surface area contributed by atoms with Crippen LogP contribution in [0.15, 0.2) is 54.9 Å². The molecule has 1 fully saturated rings. The van der Waals surface area contributed by atoms with E-state index in [0.717, 1.165) is 37.9 Å². The molecule has 0 atom stereocenters. The first-order chi connectivity index (χ1) is 15.5. The van der Waals surface area contributed by atoms with E-state index >= 15 is 0 Å². The second kappa shape index (κ2) is 8.08. The van der Waals surface area contributed by atoms with Crippen molar-refractivity contribution in [3.8, 4) is 22.9 Å². The number of rotatable bonds is 8. The third-order valence-corrected chi connectivity index (χ3v) is 6.41. The van der Waals surface area contributed by atoms with Crippen LogP contribution in [0, 0.1) is 5.41 Å². The van der Waals surface area contributed by atoms with E-state index in [1.54, 1.807) is 30.8 Å². The molecule has 32 heavy (non-hydrogen) atoms. The van der Waals surface area contributed by atoms with Crippen LogP contribution in [0.25, 0.3) is 21.3 Å². The van der Waals surface area contributed by atoms with Gasteiger partial charge in [-0.25, -0.2) is 15.0 Å². The highest BCUT2D eigenvalue weighted by molar-refractivity contribution is 7.22. The zero-order valence-electron chi connectivity index (χ0n) is 17.2. The smallest absolute Gasteiger partial charge is 0.316 e. The summed E-state index contributed by atoms with van der Waals surface area (Å²) in [6, 6.07) is 13.9. The zero-order valence-corrected chi connectivity index (χ0v) is 18.1. The zero-order chi connectivity index (χ0) is 22.1. The minimum atomic E-state index is -0.826. The van der Waals surface area contributed by atoms with Gasteiger partial charge < -0.3 is 19.9 Å². The van der Waals surface area contributed by atoms with Crippen molar-refractivity contribution in [2.45, 2.75) is 12.8 Å². The quantitative estimate of drug-likeness (QED) is 0.398. The number of carbonyl (C=O) groups is 1. The lowest BCUT2D eigenvalue weighted by Gasteiger charge is -2.10. The number of hydrogen-bond acceptors (Lipinski definition) is 8. The summed E-state index contributed by atoms with van der Waals surface area (Å²) in [6.45, 7) is 0.0978. The standard InChI is InChI=1S/C23H20N4O4S/c1-30-17-6-7-18-19(10-17)32-22(27-18)26-16-4-2-14(3-5-16)15-11-24-21(25-12-15)31-13-23(8-9-23)20(28)29/h2-7,10-12H,8-9,13H2,1H3,(H,26,27)(H,28,29). The van der Waals surface area contributed by atoms with Gasteiger partial charge in [0, 0.05) is 23.6 Å². The van der Waals surface area contributed by atoms with E-state index in [1.807, 2.05) is 42.5 Å². The minimum Gasteiger partial charge on any atom is -0.497 e. The summed E-state index contributed by atoms with van der Waals surface area (Å²) in [6.07, 6.45) is 4.61. The highest BCUT2D eigenvalue weighted by Gasteiger charge is 2.51. The van der Waals surface area contributed by atoms with E-state index in [4.69, 9.17) is 9.47 Å². The Labute approximate surface area is 187 Å². The summed E-state index contributed by atoms with van der Waals surface area (Å²) in [7, 11) is 1.65. The molecule has 0 spiro atoms. The summed E-state index contributed by atoms with van der Waals surface area (Å²) in [4.78, 5) is 24.3. The van der Waals surface area contributed by atoms with Gasteiger partial charge in [-0.05, 0) is 48.7 Å². The number of hydrogen-bond donors (Lipinski definition) is 2. The molecule has 2 aromatic carbocycles. The maximum absolute atomic E-state index is 11.2. The molecule has 4 aromatic rings. The fourth-order valence-corrected chi connectivity index (χ4v) is 4.18. The van der Waals surface area contributed by atoms with Crippen LogP contribution >= 0.6 is 11.3 Å². The molecule has 2 heterocycles. The van der Waals surface area contributed by atoms with Crippen molar-refractivity contribution in [2.24, 2.45) is 5.41 Å². The van der Waals surface area contributed by atoms with Crippen LogP contribution < -0.4 is 14.8 Å². The first kappa shape index (κ1) is 20.2. The van der Waals surface area contributed by atoms with Crippen LogP contribution in [-0.2, 0) is 4.79 Å². The van der Waals surface area contributed by atoms with Gasteiger partial charge in [-0.3, -0.25) is 4.79 Å². The average molecular weight is 449 g/mol. The molecule has 0 aliphatic heterocycles. The highest BCUT2D eigenvalue weighted by atomic mass is 32.1. The van der Waals surface area contributed by atoms with E-state index in [2.05, 4.69) is 20.3 Å². The summed E-state index contributed by atoms with van der Waals surface area (Å²) in [5.41, 5.74) is 2.88. The Hall–Kier alpha value is -3.72. The molecule has 5 rings (SSSR count). The molecular formula is C23H20N4O4S. The monoisotopic (exact) mass is 448 g/mol. The number of nitrogens with one attached hydrogen (secondary N) is 1. The molecule has 0 unspecified atom stereocenters. The Morgan fingerprint density at radius 1 is 1.12 bits per heavy atom. The fourth-order valence-electron chi connectivity index (χ4n) is 3.27. The van der Waals surface area contributed by atoms with Gasteiger partial charge >= 0.3 is 12.0 Å². The number of benzene rings is 2. The fraction of sp³-hybridized carbons (Fsp3) is 0.217. The SMILES string of the molecule is COc1ccc2nc(Nc3ccc(-c4cnc(OCC5(C(=O)O)CC5)nc4)cc3)sc2c1. The predicted octanol–water partition coefficient (Wildman–Crippen LogP) is 4.75. The molecule has 0 radical (unpaired) electrons. The van der Waals surface area contributed by atoms with Gasteiger partial charge in [-0.1, -0.05) is 23.5 Å². The first-order valence-electron chi connectivity index (χ1n) is 10.0. The maximum Gasteiger partial charge on any atom is 0.316 e. The van der Waals surface area contributed by atoms with E-state index in [9.17, 15) is 9.90 Å². The van der Waals surface area contributed by atoms with Crippen LogP contribution in [-0.4, -0.2) is 39.7 Å². The summed E-state index contributed by atoms with van der Waals surface area (Å²) >= 11 is 1.56. The predicted molar refractivity (Wildman–Crippen MR) is 122 cm³/mol. The van der Waals surface area contributed by atoms with Crippen molar-refractivity contribution < 1.29 is 19.4 Å². The molecule has 2 aromatic heterocycles. The third kappa shape index (κ3) is 4.06. The van der Waals surface area contributed by atoms with Crippen molar-refractivity contribution in [3.63, 3.8) is 0 Å². The Morgan fingerprint density at radius 3 is 2.53 bits per heavy atom. The lowest BCUT2D eigenvalue weighted by Crippen LogP contribution is -2.23. The number of aromatic nitrogens is 3. The second-order valence-corrected chi connectivity index (χ2v) is 8.71. The van der Waals surface area contributed by atoms with Gasteiger partial charge in [0.1, 0.15) is 17.8 Å². The van der Waals surface area contributed by atoms with Crippen LogP contribution in [0.4, 0.5) is 10.8 Å². The molecule has 1 aliphatic carbocycles. The van der Waals surface area contributed by atoms with Gasteiger partial charge in [0.25, 0.3) is 0 Å². The number of fused-ring (bicyclic) bond motifs is 1. The third-order valence-electron chi connectivity index (χ3n) is 5.48. The Morgan fingerprint density at radius 2 is 1.88 bits per heavy atom. The number of carboxylic acid groups (broad SMARTS) is 1. The Balaban J connectivity index is 1.24. The molecule has 8 nitrogen and oxygen atoms in total. The lowest BCUT2D eigenvalue weighted by molar-refractivity contribution is -0.144. The van der Waals surface area contributed by atoms with Crippen molar-refractivity contribution in [2.75, 3.05) is 19.0 Å². The van der Waals surface area contributed by atoms with Gasteiger partial charge in [0.15, 0.2) is 5.13 Å². The summed E-state index contributed by atoms with van der Waals surface area (Å²) < 4.78 is 11.8. The highest BCUT2D eigenvalue weighted by Crippen LogP contribution is 2.45. The van der Waals surface area contributed by atoms with Crippen LogP contribution in [0.1, 0.15) is 12.8 Å². The van der Waals surface area contributed by atoms with Crippen LogP contribution in [0.2, 0.25) is 0 Å². The number of carboxylic acids is 1. The van der Waals surface area contributed by atoms with Crippen LogP contribution in [0.5, 0.6) is 11.8 Å². The number of anilines is 2. The molecule has 162 valence electrons. The molecular weight excluding hydrogens is 428 g/mol. The van der Waals surface area contributed by atoms with Gasteiger partial charge in [-0.2, -0.15) is 0 Å². The van der Waals surface area contributed by atoms with Gasteiger partial charge in [-0.15, -0.1) is 0 Å². The van der Waals surface area contributed by atoms with E-state index < -0.39 is 11.4 Å². The molecule has 0 bridgehead atoms. The lowest BCUT2D eigenvalue weighted by atomic mass is 10.1. The molecule has 1 saturated carbocycles. The van der Waals surface area contributed by atoms with Crippen molar-refractivity contribution >= 4 is 38.3 Å². The Kier molecular flexibility index (Phi) is 5.10. The topological polar surface area (TPSA) is 106 Å². The van der Waals surface area contributed by atoms with Crippen molar-refractivity contribution in [1.29, 1.82) is 0 Å². The molecule has 0 saturated heterocycles. The normalized spacial score (nSPS) is 14.2. The first-order valence-corrected chi connectivity index (χ1v) is 10.9. The number of aliphatic carboxylic acids is 1. The molecule has 2 N–H and O–H groups in total. The molecule has 9 heteroatoms.